The molecule has 1 unspecified atom stereocenters. The summed E-state index contributed by atoms with van der Waals surface area (Å²) in [6, 6.07) is 20.9. The van der Waals surface area contributed by atoms with E-state index in [2.05, 4.69) is 15.9 Å². The van der Waals surface area contributed by atoms with Crippen molar-refractivity contribution in [3.05, 3.63) is 110 Å². The minimum atomic E-state index is -0.535. The number of rotatable bonds is 9. The Hall–Kier alpha value is -3.40. The maximum atomic E-state index is 14.3. The monoisotopic (exact) mass is 620 g/mol. The molecule has 1 amide bonds. The fourth-order valence-electron chi connectivity index (χ4n) is 5.04. The molecule has 0 bridgehead atoms. The summed E-state index contributed by atoms with van der Waals surface area (Å²) < 4.78 is 18.1. The van der Waals surface area contributed by atoms with Crippen LogP contribution in [0.2, 0.25) is 0 Å². The summed E-state index contributed by atoms with van der Waals surface area (Å²) in [6.45, 7) is 5.13. The Morgan fingerprint density at radius 1 is 1.10 bits per heavy atom. The van der Waals surface area contributed by atoms with E-state index in [1.54, 1.807) is 27.7 Å². The second-order valence-electron chi connectivity index (χ2n) is 10.1. The third-order valence-corrected chi connectivity index (χ3v) is 8.61. The molecule has 206 valence electrons. The Morgan fingerprint density at radius 3 is 2.50 bits per heavy atom. The Kier molecular flexibility index (Phi) is 8.44. The number of halogens is 2. The van der Waals surface area contributed by atoms with Crippen LogP contribution in [0.1, 0.15) is 48.1 Å². The van der Waals surface area contributed by atoms with Crippen LogP contribution in [-0.2, 0) is 6.54 Å². The highest BCUT2D eigenvalue weighted by atomic mass is 79.9. The summed E-state index contributed by atoms with van der Waals surface area (Å²) >= 11 is 4.75. The molecule has 0 saturated heterocycles. The average molecular weight is 622 g/mol. The van der Waals surface area contributed by atoms with Gasteiger partial charge in [-0.1, -0.05) is 60.1 Å². The molecular weight excluding hydrogens is 591 g/mol. The first kappa shape index (κ1) is 28.1. The second kappa shape index (κ2) is 12.0. The van der Waals surface area contributed by atoms with Crippen molar-refractivity contribution >= 4 is 53.5 Å². The Bertz CT molecular complexity index is 1720. The second-order valence-corrected chi connectivity index (χ2v) is 12.1. The summed E-state index contributed by atoms with van der Waals surface area (Å²) in [6.07, 6.45) is 0.587. The predicted octanol–water partition coefficient (Wildman–Crippen LogP) is 6.75. The van der Waals surface area contributed by atoms with E-state index in [0.29, 0.717) is 53.0 Å². The van der Waals surface area contributed by atoms with E-state index in [9.17, 15) is 14.0 Å². The van der Waals surface area contributed by atoms with E-state index >= 15 is 0 Å². The number of benzene rings is 3. The summed E-state index contributed by atoms with van der Waals surface area (Å²) in [4.78, 5) is 35.0. The standard InChI is InChI=1S/C31H30BrFN4O2S/c1-19(2)27(36(16-6-15-34)30(38)21-9-11-22(32)12-10-21)29-35-26-24-17-23(33)13-14-25(24)40-28(26)31(39)37(29)18-20-7-4-3-5-8-20/h3-5,7-14,17,19,27H,6,15-16,18,34H2,1-2H3. The molecule has 3 aromatic carbocycles. The molecule has 0 saturated carbocycles. The highest BCUT2D eigenvalue weighted by Crippen LogP contribution is 2.35. The number of aromatic nitrogens is 2. The van der Waals surface area contributed by atoms with Gasteiger partial charge in [0.2, 0.25) is 0 Å². The lowest BCUT2D eigenvalue weighted by Crippen LogP contribution is -2.42. The van der Waals surface area contributed by atoms with Crippen molar-refractivity contribution in [2.75, 3.05) is 13.1 Å². The number of hydrogen-bond donors (Lipinski definition) is 1. The van der Waals surface area contributed by atoms with Crippen LogP contribution in [0.5, 0.6) is 0 Å². The summed E-state index contributed by atoms with van der Waals surface area (Å²) in [7, 11) is 0. The maximum absolute atomic E-state index is 14.3. The predicted molar refractivity (Wildman–Crippen MR) is 163 cm³/mol. The quantitative estimate of drug-likeness (QED) is 0.198. The largest absolute Gasteiger partial charge is 0.330 e. The van der Waals surface area contributed by atoms with Crippen molar-refractivity contribution < 1.29 is 9.18 Å². The van der Waals surface area contributed by atoms with E-state index in [4.69, 9.17) is 10.7 Å². The van der Waals surface area contributed by atoms with Gasteiger partial charge >= 0.3 is 0 Å². The van der Waals surface area contributed by atoms with Crippen molar-refractivity contribution in [3.63, 3.8) is 0 Å². The molecule has 0 radical (unpaired) electrons. The van der Waals surface area contributed by atoms with Crippen molar-refractivity contribution in [1.29, 1.82) is 0 Å². The Balaban J connectivity index is 1.76. The minimum Gasteiger partial charge on any atom is -0.330 e. The zero-order valence-electron chi connectivity index (χ0n) is 22.3. The number of thiophene rings is 1. The molecule has 9 heteroatoms. The first-order valence-corrected chi connectivity index (χ1v) is 14.8. The zero-order chi connectivity index (χ0) is 28.4. The van der Waals surface area contributed by atoms with Crippen LogP contribution in [0, 0.1) is 11.7 Å². The van der Waals surface area contributed by atoms with Crippen LogP contribution < -0.4 is 11.3 Å². The fraction of sp³-hybridized carbons (Fsp3) is 0.258. The number of hydrogen-bond acceptors (Lipinski definition) is 5. The third kappa shape index (κ3) is 5.59. The molecule has 5 rings (SSSR count). The zero-order valence-corrected chi connectivity index (χ0v) is 24.7. The van der Waals surface area contributed by atoms with Gasteiger partial charge in [-0.15, -0.1) is 11.3 Å². The molecular formula is C31H30BrFN4O2S. The van der Waals surface area contributed by atoms with Crippen molar-refractivity contribution in [2.24, 2.45) is 11.7 Å². The lowest BCUT2D eigenvalue weighted by atomic mass is 9.99. The van der Waals surface area contributed by atoms with Crippen LogP contribution in [0.3, 0.4) is 0 Å². The van der Waals surface area contributed by atoms with Gasteiger partial charge in [0.05, 0.1) is 18.1 Å². The SMILES string of the molecule is CC(C)C(c1nc2c(sc3ccc(F)cc32)c(=O)n1Cc1ccccc1)N(CCCN)C(=O)c1ccc(Br)cc1. The van der Waals surface area contributed by atoms with Crippen LogP contribution in [0.25, 0.3) is 20.3 Å². The smallest absolute Gasteiger partial charge is 0.271 e. The summed E-state index contributed by atoms with van der Waals surface area (Å²) in [5.74, 6) is -0.172. The van der Waals surface area contributed by atoms with Crippen molar-refractivity contribution in [1.82, 2.24) is 14.5 Å². The molecule has 40 heavy (non-hydrogen) atoms. The Labute approximate surface area is 244 Å². The number of carbonyl (C=O) groups is 1. The molecule has 0 aliphatic heterocycles. The number of nitrogens with zero attached hydrogens (tertiary/aromatic N) is 3. The van der Waals surface area contributed by atoms with Gasteiger partial charge < -0.3 is 10.6 Å². The van der Waals surface area contributed by atoms with Crippen molar-refractivity contribution in [3.8, 4) is 0 Å². The number of fused-ring (bicyclic) bond motifs is 3. The molecule has 0 spiro atoms. The molecule has 1 atom stereocenters. The molecule has 6 nitrogen and oxygen atoms in total. The topological polar surface area (TPSA) is 81.2 Å². The minimum absolute atomic E-state index is 0.0924. The summed E-state index contributed by atoms with van der Waals surface area (Å²) in [5, 5.41) is 0.598. The Morgan fingerprint density at radius 2 is 1.82 bits per heavy atom. The fourth-order valence-corrected chi connectivity index (χ4v) is 6.38. The van der Waals surface area contributed by atoms with Crippen LogP contribution in [0.15, 0.2) is 82.1 Å². The first-order chi connectivity index (χ1) is 19.3. The average Bonchev–Trinajstić information content (AvgIpc) is 3.31. The van der Waals surface area contributed by atoms with Gasteiger partial charge in [-0.05, 0) is 66.9 Å². The van der Waals surface area contributed by atoms with Gasteiger partial charge in [0.15, 0.2) is 0 Å². The van der Waals surface area contributed by atoms with E-state index in [1.165, 1.54) is 23.5 Å². The molecule has 2 aromatic heterocycles. The van der Waals surface area contributed by atoms with Crippen LogP contribution in [0.4, 0.5) is 4.39 Å². The van der Waals surface area contributed by atoms with Crippen molar-refractivity contribution in [2.45, 2.75) is 32.9 Å². The highest BCUT2D eigenvalue weighted by molar-refractivity contribution is 9.10. The molecule has 0 aliphatic carbocycles. The van der Waals surface area contributed by atoms with E-state index in [0.717, 1.165) is 14.7 Å². The van der Waals surface area contributed by atoms with Crippen LogP contribution in [-0.4, -0.2) is 33.4 Å². The maximum Gasteiger partial charge on any atom is 0.271 e. The van der Waals surface area contributed by atoms with E-state index in [1.807, 2.05) is 56.3 Å². The number of carbonyl (C=O) groups excluding carboxylic acids is 1. The van der Waals surface area contributed by atoms with Gasteiger partial charge in [0.1, 0.15) is 16.3 Å². The van der Waals surface area contributed by atoms with Gasteiger partial charge in [-0.2, -0.15) is 0 Å². The van der Waals surface area contributed by atoms with Gasteiger partial charge in [0, 0.05) is 26.7 Å². The molecule has 5 aromatic rings. The normalized spacial score (nSPS) is 12.3. The number of nitrogens with two attached hydrogens (primary N) is 1. The molecule has 2 heterocycles. The van der Waals surface area contributed by atoms with E-state index in [-0.39, 0.29) is 23.2 Å². The molecule has 0 fully saturated rings. The lowest BCUT2D eigenvalue weighted by Gasteiger charge is -2.35. The molecule has 0 aliphatic rings. The third-order valence-electron chi connectivity index (χ3n) is 6.94. The lowest BCUT2D eigenvalue weighted by molar-refractivity contribution is 0.0603. The van der Waals surface area contributed by atoms with Gasteiger partial charge in [0.25, 0.3) is 11.5 Å². The first-order valence-electron chi connectivity index (χ1n) is 13.2. The van der Waals surface area contributed by atoms with Gasteiger partial charge in [-0.3, -0.25) is 14.2 Å². The number of amides is 1. The summed E-state index contributed by atoms with van der Waals surface area (Å²) in [5.41, 5.74) is 7.63. The molecule has 2 N–H and O–H groups in total. The van der Waals surface area contributed by atoms with E-state index < -0.39 is 6.04 Å². The van der Waals surface area contributed by atoms with Crippen LogP contribution >= 0.6 is 27.3 Å². The highest BCUT2D eigenvalue weighted by Gasteiger charge is 2.33. The van der Waals surface area contributed by atoms with Gasteiger partial charge in [-0.25, -0.2) is 9.37 Å².